The first-order valence-corrected chi connectivity index (χ1v) is 10.4. The van der Waals surface area contributed by atoms with E-state index in [2.05, 4.69) is 10.2 Å². The molecule has 0 aliphatic carbocycles. The number of carbonyl (C=O) groups is 1. The van der Waals surface area contributed by atoms with E-state index in [1.807, 2.05) is 60.0 Å². The van der Waals surface area contributed by atoms with Crippen molar-refractivity contribution in [1.29, 1.82) is 0 Å². The number of benzene rings is 2. The first kappa shape index (κ1) is 23.0. The molecule has 0 saturated carbocycles. The molecule has 0 spiro atoms. The molecular formula is C24H28ClN3O3. The summed E-state index contributed by atoms with van der Waals surface area (Å²) in [5.74, 6) is -0.345. The minimum absolute atomic E-state index is 0. The minimum Gasteiger partial charge on any atom is -0.379 e. The molecule has 2 heterocycles. The molecule has 0 bridgehead atoms. The van der Waals surface area contributed by atoms with Gasteiger partial charge in [0.05, 0.1) is 24.8 Å². The van der Waals surface area contributed by atoms with Gasteiger partial charge in [0, 0.05) is 37.8 Å². The molecule has 3 aromatic rings. The summed E-state index contributed by atoms with van der Waals surface area (Å²) < 4.78 is 7.44. The van der Waals surface area contributed by atoms with Gasteiger partial charge in [-0.3, -0.25) is 14.5 Å². The maximum absolute atomic E-state index is 13.0. The van der Waals surface area contributed by atoms with Crippen LogP contribution < -0.4 is 10.7 Å². The highest BCUT2D eigenvalue weighted by molar-refractivity contribution is 5.97. The number of halogens is 1. The third-order valence-corrected chi connectivity index (χ3v) is 5.64. The number of hydrogen-bond acceptors (Lipinski definition) is 4. The number of carbonyl (C=O) groups excluding carboxylic acids is 1. The molecule has 1 amide bonds. The third-order valence-electron chi connectivity index (χ3n) is 5.64. The fourth-order valence-electron chi connectivity index (χ4n) is 3.87. The van der Waals surface area contributed by atoms with Crippen LogP contribution in [0.25, 0.3) is 10.9 Å². The lowest BCUT2D eigenvalue weighted by Crippen LogP contribution is -2.38. The van der Waals surface area contributed by atoms with Crippen molar-refractivity contribution in [3.05, 3.63) is 82.1 Å². The molecule has 1 unspecified atom stereocenters. The van der Waals surface area contributed by atoms with Crippen molar-refractivity contribution in [2.45, 2.75) is 19.5 Å². The van der Waals surface area contributed by atoms with Crippen molar-refractivity contribution in [2.75, 3.05) is 32.8 Å². The second kappa shape index (κ2) is 10.6. The van der Waals surface area contributed by atoms with Crippen LogP contribution in [0, 0.1) is 0 Å². The van der Waals surface area contributed by atoms with Crippen LogP contribution in [-0.4, -0.2) is 48.2 Å². The summed E-state index contributed by atoms with van der Waals surface area (Å²) in [5.41, 5.74) is 1.80. The highest BCUT2D eigenvalue weighted by Gasteiger charge is 2.18. The van der Waals surface area contributed by atoms with Crippen LogP contribution in [0.2, 0.25) is 0 Å². The average molecular weight is 442 g/mol. The molecule has 1 saturated heterocycles. The summed E-state index contributed by atoms with van der Waals surface area (Å²) in [6, 6.07) is 17.0. The van der Waals surface area contributed by atoms with Crippen LogP contribution in [0.15, 0.2) is 65.6 Å². The van der Waals surface area contributed by atoms with E-state index >= 15 is 0 Å². The molecule has 0 radical (unpaired) electrons. The summed E-state index contributed by atoms with van der Waals surface area (Å²) >= 11 is 0. The van der Waals surface area contributed by atoms with Crippen LogP contribution in [0.1, 0.15) is 28.9 Å². The Kier molecular flexibility index (Phi) is 7.85. The molecule has 4 rings (SSSR count). The second-order valence-electron chi connectivity index (χ2n) is 7.64. The number of nitrogens with zero attached hydrogens (tertiary/aromatic N) is 2. The van der Waals surface area contributed by atoms with Gasteiger partial charge in [0.15, 0.2) is 0 Å². The lowest BCUT2D eigenvalue weighted by Gasteiger charge is -2.27. The van der Waals surface area contributed by atoms with E-state index in [1.165, 1.54) is 0 Å². The van der Waals surface area contributed by atoms with E-state index in [0.717, 1.165) is 43.9 Å². The molecule has 164 valence electrons. The fourth-order valence-corrected chi connectivity index (χ4v) is 3.87. The summed E-state index contributed by atoms with van der Waals surface area (Å²) in [5, 5.41) is 3.54. The van der Waals surface area contributed by atoms with E-state index < -0.39 is 0 Å². The quantitative estimate of drug-likeness (QED) is 0.637. The number of pyridine rings is 1. The minimum atomic E-state index is -0.345. The number of amides is 1. The molecule has 2 aromatic carbocycles. The Balaban J connectivity index is 0.00000272. The molecule has 31 heavy (non-hydrogen) atoms. The predicted octanol–water partition coefficient (Wildman–Crippen LogP) is 3.25. The van der Waals surface area contributed by atoms with Gasteiger partial charge in [-0.1, -0.05) is 42.5 Å². The van der Waals surface area contributed by atoms with Gasteiger partial charge in [0.2, 0.25) is 5.43 Å². The predicted molar refractivity (Wildman–Crippen MR) is 125 cm³/mol. The van der Waals surface area contributed by atoms with Crippen LogP contribution in [0.5, 0.6) is 0 Å². The van der Waals surface area contributed by atoms with Crippen molar-refractivity contribution in [3.8, 4) is 0 Å². The third kappa shape index (κ3) is 5.34. The average Bonchev–Trinajstić information content (AvgIpc) is 2.80. The number of hydrogen-bond donors (Lipinski definition) is 1. The van der Waals surface area contributed by atoms with E-state index in [-0.39, 0.29) is 35.3 Å². The first-order chi connectivity index (χ1) is 14.6. The molecule has 6 nitrogen and oxygen atoms in total. The van der Waals surface area contributed by atoms with E-state index in [4.69, 9.17) is 4.74 Å². The number of nitrogens with one attached hydrogen (secondary N) is 1. The lowest BCUT2D eigenvalue weighted by molar-refractivity contribution is 0.0365. The molecule has 1 aromatic heterocycles. The first-order valence-electron chi connectivity index (χ1n) is 10.4. The van der Waals surface area contributed by atoms with E-state index in [0.29, 0.717) is 11.9 Å². The summed E-state index contributed by atoms with van der Waals surface area (Å²) in [7, 11) is 0. The summed E-state index contributed by atoms with van der Waals surface area (Å²) in [6.07, 6.45) is 1.71. The Bertz CT molecular complexity index is 1080. The van der Waals surface area contributed by atoms with Crippen LogP contribution in [0.3, 0.4) is 0 Å². The normalized spacial score (nSPS) is 15.3. The van der Waals surface area contributed by atoms with Crippen molar-refractivity contribution < 1.29 is 9.53 Å². The highest BCUT2D eigenvalue weighted by Crippen LogP contribution is 2.15. The van der Waals surface area contributed by atoms with Gasteiger partial charge in [-0.2, -0.15) is 0 Å². The van der Waals surface area contributed by atoms with Crippen LogP contribution in [0.4, 0.5) is 0 Å². The largest absolute Gasteiger partial charge is 0.379 e. The van der Waals surface area contributed by atoms with Crippen LogP contribution in [-0.2, 0) is 11.3 Å². The monoisotopic (exact) mass is 441 g/mol. The highest BCUT2D eigenvalue weighted by atomic mass is 35.5. The van der Waals surface area contributed by atoms with Gasteiger partial charge in [0.25, 0.3) is 5.91 Å². The maximum atomic E-state index is 13.0. The molecule has 1 N–H and O–H groups in total. The summed E-state index contributed by atoms with van der Waals surface area (Å²) in [4.78, 5) is 28.4. The van der Waals surface area contributed by atoms with Gasteiger partial charge in [-0.25, -0.2) is 0 Å². The molecule has 1 aliphatic heterocycles. The molecular weight excluding hydrogens is 414 g/mol. The lowest BCUT2D eigenvalue weighted by atomic mass is 10.1. The van der Waals surface area contributed by atoms with Crippen molar-refractivity contribution in [1.82, 2.24) is 14.8 Å². The topological polar surface area (TPSA) is 63.6 Å². The van der Waals surface area contributed by atoms with Crippen molar-refractivity contribution in [2.24, 2.45) is 0 Å². The Morgan fingerprint density at radius 1 is 1.03 bits per heavy atom. The number of aromatic nitrogens is 1. The maximum Gasteiger partial charge on any atom is 0.257 e. The number of ether oxygens (including phenoxy) is 1. The van der Waals surface area contributed by atoms with E-state index in [1.54, 1.807) is 12.3 Å². The Morgan fingerprint density at radius 2 is 1.71 bits per heavy atom. The molecule has 1 aliphatic rings. The second-order valence-corrected chi connectivity index (χ2v) is 7.64. The molecule has 1 atom stereocenters. The van der Waals surface area contributed by atoms with Gasteiger partial charge >= 0.3 is 0 Å². The van der Waals surface area contributed by atoms with Gasteiger partial charge < -0.3 is 14.6 Å². The molecule has 7 heteroatoms. The Hall–Kier alpha value is -2.67. The van der Waals surface area contributed by atoms with Gasteiger partial charge in [-0.15, -0.1) is 12.4 Å². The summed E-state index contributed by atoms with van der Waals surface area (Å²) in [6.45, 7) is 6.77. The van der Waals surface area contributed by atoms with Crippen molar-refractivity contribution in [3.63, 3.8) is 0 Å². The number of morpholine rings is 1. The van der Waals surface area contributed by atoms with E-state index in [9.17, 15) is 9.59 Å². The van der Waals surface area contributed by atoms with Crippen molar-refractivity contribution >= 4 is 29.2 Å². The molecule has 1 fully saturated rings. The van der Waals surface area contributed by atoms with Crippen LogP contribution >= 0.6 is 12.4 Å². The zero-order chi connectivity index (χ0) is 20.9. The zero-order valence-electron chi connectivity index (χ0n) is 17.6. The van der Waals surface area contributed by atoms with Gasteiger partial charge in [0.1, 0.15) is 5.56 Å². The Labute approximate surface area is 188 Å². The Morgan fingerprint density at radius 3 is 2.45 bits per heavy atom. The SMILES string of the molecule is CC(NC(=O)c1cn(CCN2CCOCC2)c2ccccc2c1=O)c1ccccc1.Cl. The number of rotatable bonds is 6. The van der Waals surface area contributed by atoms with Gasteiger partial charge in [-0.05, 0) is 24.6 Å². The number of fused-ring (bicyclic) bond motifs is 1. The number of para-hydroxylation sites is 1. The fraction of sp³-hybridized carbons (Fsp3) is 0.333. The smallest absolute Gasteiger partial charge is 0.257 e. The zero-order valence-corrected chi connectivity index (χ0v) is 18.4. The standard InChI is InChI=1S/C24H27N3O3.ClH/c1-18(19-7-3-2-4-8-19)25-24(29)21-17-27(12-11-26-13-15-30-16-14-26)22-10-6-5-9-20(22)23(21)28;/h2-10,17-18H,11-16H2,1H3,(H,25,29);1H.